The van der Waals surface area contributed by atoms with Crippen LogP contribution in [-0.4, -0.2) is 81.8 Å². The minimum atomic E-state index is -0.679. The summed E-state index contributed by atoms with van der Waals surface area (Å²) in [7, 11) is 0. The Kier molecular flexibility index (Phi) is 7.81. The van der Waals surface area contributed by atoms with E-state index in [0.717, 1.165) is 28.4 Å². The van der Waals surface area contributed by atoms with Crippen LogP contribution in [0.3, 0.4) is 0 Å². The van der Waals surface area contributed by atoms with Gasteiger partial charge in [0.25, 0.3) is 0 Å². The number of imidazole rings is 1. The number of esters is 1. The number of ether oxygens (including phenoxy) is 2. The molecule has 1 saturated heterocycles. The van der Waals surface area contributed by atoms with E-state index in [4.69, 9.17) is 14.5 Å². The second kappa shape index (κ2) is 11.2. The molecule has 1 fully saturated rings. The van der Waals surface area contributed by atoms with Crippen LogP contribution in [0.2, 0.25) is 0 Å². The smallest absolute Gasteiger partial charge is 0.328 e. The first-order chi connectivity index (χ1) is 17.0. The van der Waals surface area contributed by atoms with Gasteiger partial charge in [-0.3, -0.25) is 9.47 Å². The van der Waals surface area contributed by atoms with Crippen LogP contribution in [0.1, 0.15) is 26.6 Å². The van der Waals surface area contributed by atoms with Crippen LogP contribution in [0.4, 0.5) is 4.79 Å². The molecular weight excluding hydrogens is 448 g/mol. The molecule has 3 aromatic rings. The summed E-state index contributed by atoms with van der Waals surface area (Å²) in [6, 6.07) is 10.8. The monoisotopic (exact) mass is 480 g/mol. The second-order valence-corrected chi connectivity index (χ2v) is 8.32. The van der Waals surface area contributed by atoms with E-state index in [1.807, 2.05) is 43.3 Å². The number of amides is 2. The normalized spacial score (nSPS) is 15.1. The third kappa shape index (κ3) is 5.71. The highest BCUT2D eigenvalue weighted by molar-refractivity contribution is 5.83. The molecule has 35 heavy (non-hydrogen) atoms. The topological polar surface area (TPSA) is 102 Å². The Balaban J connectivity index is 1.44. The zero-order valence-electron chi connectivity index (χ0n) is 20.4. The fourth-order valence-electron chi connectivity index (χ4n) is 4.11. The van der Waals surface area contributed by atoms with Crippen molar-refractivity contribution in [3.8, 4) is 11.4 Å². The molecule has 0 radical (unpaired) electrons. The van der Waals surface area contributed by atoms with Crippen molar-refractivity contribution in [3.63, 3.8) is 0 Å². The number of nitrogens with one attached hydrogen (secondary N) is 1. The summed E-state index contributed by atoms with van der Waals surface area (Å²) >= 11 is 0. The van der Waals surface area contributed by atoms with Crippen molar-refractivity contribution < 1.29 is 19.1 Å². The number of benzene rings is 1. The van der Waals surface area contributed by atoms with E-state index < -0.39 is 12.0 Å². The molecule has 3 heterocycles. The average Bonchev–Trinajstić information content (AvgIpc) is 3.23. The lowest BCUT2D eigenvalue weighted by molar-refractivity contribution is -0.144. The van der Waals surface area contributed by atoms with Crippen molar-refractivity contribution in [2.45, 2.75) is 33.4 Å². The van der Waals surface area contributed by atoms with Crippen molar-refractivity contribution in [1.82, 2.24) is 29.7 Å². The molecule has 1 aromatic carbocycles. The summed E-state index contributed by atoms with van der Waals surface area (Å²) in [6.45, 7) is 9.37. The molecule has 1 aliphatic heterocycles. The SMILES string of the molecule is CCOC(=O)C(C)NC(=O)N1CCN(Cc2nc3cccnc3n2-c2ccc(OCC)cc2)CC1. The highest BCUT2D eigenvalue weighted by atomic mass is 16.5. The minimum Gasteiger partial charge on any atom is -0.494 e. The van der Waals surface area contributed by atoms with Gasteiger partial charge in [-0.25, -0.2) is 19.6 Å². The first-order valence-corrected chi connectivity index (χ1v) is 12.0. The number of rotatable bonds is 8. The fraction of sp³-hybridized carbons (Fsp3) is 0.440. The molecule has 2 aromatic heterocycles. The molecule has 2 amide bonds. The zero-order chi connectivity index (χ0) is 24.8. The molecule has 0 spiro atoms. The van der Waals surface area contributed by atoms with Crippen LogP contribution in [0, 0.1) is 0 Å². The number of hydrogen-bond donors (Lipinski definition) is 1. The fourth-order valence-corrected chi connectivity index (χ4v) is 4.11. The maximum atomic E-state index is 12.6. The lowest BCUT2D eigenvalue weighted by Crippen LogP contribution is -2.54. The van der Waals surface area contributed by atoms with Crippen molar-refractivity contribution in [1.29, 1.82) is 0 Å². The van der Waals surface area contributed by atoms with Gasteiger partial charge in [0.1, 0.15) is 23.1 Å². The predicted molar refractivity (Wildman–Crippen MR) is 132 cm³/mol. The molecule has 1 atom stereocenters. The molecule has 186 valence electrons. The number of carbonyl (C=O) groups excluding carboxylic acids is 2. The Morgan fingerprint density at radius 2 is 1.80 bits per heavy atom. The maximum Gasteiger partial charge on any atom is 0.328 e. The zero-order valence-corrected chi connectivity index (χ0v) is 20.4. The summed E-state index contributed by atoms with van der Waals surface area (Å²) in [6.07, 6.45) is 1.77. The van der Waals surface area contributed by atoms with Gasteiger partial charge in [-0.15, -0.1) is 0 Å². The first kappa shape index (κ1) is 24.5. The van der Waals surface area contributed by atoms with Crippen molar-refractivity contribution in [2.24, 2.45) is 0 Å². The molecular formula is C25H32N6O4. The van der Waals surface area contributed by atoms with E-state index in [-0.39, 0.29) is 12.6 Å². The van der Waals surface area contributed by atoms with Crippen molar-refractivity contribution >= 4 is 23.2 Å². The van der Waals surface area contributed by atoms with E-state index in [0.29, 0.717) is 39.3 Å². The van der Waals surface area contributed by atoms with Gasteiger partial charge in [0.15, 0.2) is 5.65 Å². The van der Waals surface area contributed by atoms with Crippen LogP contribution in [0.5, 0.6) is 5.75 Å². The summed E-state index contributed by atoms with van der Waals surface area (Å²) < 4.78 is 12.6. The Hall–Kier alpha value is -3.66. The number of pyridine rings is 1. The van der Waals surface area contributed by atoms with Gasteiger partial charge in [0.05, 0.1) is 19.8 Å². The van der Waals surface area contributed by atoms with Gasteiger partial charge < -0.3 is 19.7 Å². The number of urea groups is 1. The van der Waals surface area contributed by atoms with E-state index in [2.05, 4.69) is 19.8 Å². The van der Waals surface area contributed by atoms with Crippen molar-refractivity contribution in [3.05, 3.63) is 48.4 Å². The van der Waals surface area contributed by atoms with E-state index in [1.54, 1.807) is 24.9 Å². The maximum absolute atomic E-state index is 12.6. The lowest BCUT2D eigenvalue weighted by Gasteiger charge is -2.35. The van der Waals surface area contributed by atoms with Crippen LogP contribution >= 0.6 is 0 Å². The van der Waals surface area contributed by atoms with Gasteiger partial charge in [-0.1, -0.05) is 0 Å². The second-order valence-electron chi connectivity index (χ2n) is 8.32. The molecule has 0 aliphatic carbocycles. The molecule has 0 saturated carbocycles. The number of piperazine rings is 1. The van der Waals surface area contributed by atoms with E-state index in [1.165, 1.54) is 0 Å². The average molecular weight is 481 g/mol. The highest BCUT2D eigenvalue weighted by Crippen LogP contribution is 2.23. The van der Waals surface area contributed by atoms with Crippen LogP contribution < -0.4 is 10.1 Å². The third-order valence-electron chi connectivity index (χ3n) is 5.90. The molecule has 10 heteroatoms. The van der Waals surface area contributed by atoms with E-state index >= 15 is 0 Å². The number of carbonyl (C=O) groups is 2. The van der Waals surface area contributed by atoms with Gasteiger partial charge in [0, 0.05) is 38.1 Å². The molecule has 0 bridgehead atoms. The van der Waals surface area contributed by atoms with E-state index in [9.17, 15) is 9.59 Å². The Morgan fingerprint density at radius 3 is 2.49 bits per heavy atom. The van der Waals surface area contributed by atoms with Crippen LogP contribution in [0.25, 0.3) is 16.9 Å². The van der Waals surface area contributed by atoms with Crippen molar-refractivity contribution in [2.75, 3.05) is 39.4 Å². The highest BCUT2D eigenvalue weighted by Gasteiger charge is 2.26. The molecule has 1 aliphatic rings. The van der Waals surface area contributed by atoms with Gasteiger partial charge in [-0.05, 0) is 57.2 Å². The third-order valence-corrected chi connectivity index (χ3v) is 5.90. The largest absolute Gasteiger partial charge is 0.494 e. The Bertz CT molecular complexity index is 1150. The van der Waals surface area contributed by atoms with Gasteiger partial charge in [0.2, 0.25) is 0 Å². The molecule has 1 N–H and O–H groups in total. The predicted octanol–water partition coefficient (Wildman–Crippen LogP) is 2.60. The van der Waals surface area contributed by atoms with Gasteiger partial charge >= 0.3 is 12.0 Å². The molecule has 4 rings (SSSR count). The van der Waals surface area contributed by atoms with Crippen LogP contribution in [-0.2, 0) is 16.1 Å². The number of fused-ring (bicyclic) bond motifs is 1. The quantitative estimate of drug-likeness (QED) is 0.495. The Morgan fingerprint density at radius 1 is 1.06 bits per heavy atom. The summed E-state index contributed by atoms with van der Waals surface area (Å²) in [4.78, 5) is 37.8. The lowest BCUT2D eigenvalue weighted by atomic mass is 10.2. The summed E-state index contributed by atoms with van der Waals surface area (Å²) in [5, 5.41) is 2.72. The van der Waals surface area contributed by atoms with Gasteiger partial charge in [-0.2, -0.15) is 0 Å². The first-order valence-electron chi connectivity index (χ1n) is 12.0. The summed E-state index contributed by atoms with van der Waals surface area (Å²) in [5.41, 5.74) is 2.61. The number of aromatic nitrogens is 3. The Labute approximate surface area is 204 Å². The molecule has 10 nitrogen and oxygen atoms in total. The number of nitrogens with zero attached hydrogens (tertiary/aromatic N) is 5. The number of hydrogen-bond acceptors (Lipinski definition) is 7. The summed E-state index contributed by atoms with van der Waals surface area (Å²) in [5.74, 6) is 1.28. The standard InChI is InChI=1S/C25H32N6O4/c1-4-34-20-10-8-19(9-11-20)31-22(28-21-7-6-12-26-23(21)31)17-29-13-15-30(16-14-29)25(33)27-18(3)24(32)35-5-2/h6-12,18H,4-5,13-17H2,1-3H3,(H,27,33). The van der Waals surface area contributed by atoms with Crippen LogP contribution in [0.15, 0.2) is 42.6 Å². The molecule has 1 unspecified atom stereocenters. The minimum absolute atomic E-state index is 0.254.